The Kier molecular flexibility index (Phi) is 5.58. The Bertz CT molecular complexity index is 76.0. The van der Waals surface area contributed by atoms with Gasteiger partial charge in [-0.05, 0) is 19.4 Å². The average Bonchev–Trinajstić information content (AvgIpc) is 1.87. The molecule has 10 heavy (non-hydrogen) atoms. The first-order valence-corrected chi connectivity index (χ1v) is 3.66. The van der Waals surface area contributed by atoms with Crippen molar-refractivity contribution in [3.8, 4) is 0 Å². The number of hydrogen-bond acceptors (Lipinski definition) is 3. The summed E-state index contributed by atoms with van der Waals surface area (Å²) < 4.78 is 0. The maximum absolute atomic E-state index is 8.81. The molecule has 0 aromatic carbocycles. The van der Waals surface area contributed by atoms with Gasteiger partial charge < -0.3 is 15.5 Å². The fourth-order valence-corrected chi connectivity index (χ4v) is 0.603. The smallest absolute Gasteiger partial charge is 0.0636 e. The lowest BCUT2D eigenvalue weighted by Gasteiger charge is -2.10. The standard InChI is InChI=1S/C7H17NO2/c1-6(5-9)3-8-4-7(2)10/h6-10H,3-5H2,1-2H3/t6?,7-/m0/s1. The van der Waals surface area contributed by atoms with Gasteiger partial charge in [0.05, 0.1) is 6.10 Å². The molecular formula is C7H17NO2. The molecule has 0 aliphatic carbocycles. The first-order chi connectivity index (χ1) is 4.66. The Hall–Kier alpha value is -0.120. The van der Waals surface area contributed by atoms with Crippen molar-refractivity contribution in [1.82, 2.24) is 5.32 Å². The van der Waals surface area contributed by atoms with E-state index in [1.165, 1.54) is 0 Å². The normalized spacial score (nSPS) is 16.8. The van der Waals surface area contributed by atoms with Crippen LogP contribution in [0.4, 0.5) is 0 Å². The Morgan fingerprint density at radius 2 is 1.90 bits per heavy atom. The van der Waals surface area contributed by atoms with Crippen LogP contribution in [0.15, 0.2) is 0 Å². The molecule has 0 aromatic rings. The van der Waals surface area contributed by atoms with Crippen molar-refractivity contribution in [1.29, 1.82) is 0 Å². The van der Waals surface area contributed by atoms with Crippen LogP contribution in [0, 0.1) is 5.92 Å². The highest BCUT2D eigenvalue weighted by Crippen LogP contribution is 1.88. The van der Waals surface area contributed by atoms with E-state index in [1.54, 1.807) is 6.92 Å². The van der Waals surface area contributed by atoms with Gasteiger partial charge in [0.1, 0.15) is 0 Å². The van der Waals surface area contributed by atoms with E-state index in [-0.39, 0.29) is 18.6 Å². The van der Waals surface area contributed by atoms with Crippen molar-refractivity contribution in [3.63, 3.8) is 0 Å². The molecule has 0 radical (unpaired) electrons. The quantitative estimate of drug-likeness (QED) is 0.495. The molecule has 0 amide bonds. The van der Waals surface area contributed by atoms with Crippen LogP contribution >= 0.6 is 0 Å². The first kappa shape index (κ1) is 9.88. The van der Waals surface area contributed by atoms with E-state index in [0.29, 0.717) is 6.54 Å². The molecule has 62 valence electrons. The molecule has 0 aromatic heterocycles. The van der Waals surface area contributed by atoms with Crippen molar-refractivity contribution in [2.75, 3.05) is 19.7 Å². The molecule has 0 saturated carbocycles. The maximum Gasteiger partial charge on any atom is 0.0636 e. The van der Waals surface area contributed by atoms with Crippen molar-refractivity contribution in [2.45, 2.75) is 20.0 Å². The Morgan fingerprint density at radius 3 is 2.30 bits per heavy atom. The molecule has 0 saturated heterocycles. The van der Waals surface area contributed by atoms with Crippen LogP contribution in [-0.2, 0) is 0 Å². The van der Waals surface area contributed by atoms with Gasteiger partial charge in [0, 0.05) is 13.2 Å². The monoisotopic (exact) mass is 147 g/mol. The third-order valence-electron chi connectivity index (χ3n) is 1.24. The Balaban J connectivity index is 3.03. The van der Waals surface area contributed by atoms with Gasteiger partial charge in [-0.25, -0.2) is 0 Å². The number of rotatable bonds is 5. The van der Waals surface area contributed by atoms with Crippen LogP contribution in [0.3, 0.4) is 0 Å². The predicted molar refractivity (Wildman–Crippen MR) is 40.8 cm³/mol. The number of hydrogen-bond donors (Lipinski definition) is 3. The minimum atomic E-state index is -0.300. The molecular weight excluding hydrogens is 130 g/mol. The van der Waals surface area contributed by atoms with Crippen LogP contribution < -0.4 is 5.32 Å². The molecule has 0 rings (SSSR count). The number of nitrogens with one attached hydrogen (secondary N) is 1. The lowest BCUT2D eigenvalue weighted by atomic mass is 10.2. The highest BCUT2D eigenvalue weighted by Gasteiger charge is 1.99. The molecule has 1 unspecified atom stereocenters. The van der Waals surface area contributed by atoms with E-state index < -0.39 is 0 Å². The van der Waals surface area contributed by atoms with Gasteiger partial charge in [-0.3, -0.25) is 0 Å². The van der Waals surface area contributed by atoms with Crippen LogP contribution in [-0.4, -0.2) is 36.0 Å². The summed E-state index contributed by atoms with van der Waals surface area (Å²) in [5.41, 5.74) is 0. The SMILES string of the molecule is CC(CO)CNC[C@H](C)O. The summed E-state index contributed by atoms with van der Waals surface area (Å²) >= 11 is 0. The van der Waals surface area contributed by atoms with E-state index in [0.717, 1.165) is 6.54 Å². The van der Waals surface area contributed by atoms with E-state index in [4.69, 9.17) is 10.2 Å². The largest absolute Gasteiger partial charge is 0.396 e. The summed E-state index contributed by atoms with van der Waals surface area (Å²) in [6.45, 7) is 5.25. The Labute approximate surface area is 62.1 Å². The van der Waals surface area contributed by atoms with E-state index in [1.807, 2.05) is 6.92 Å². The highest BCUT2D eigenvalue weighted by molar-refractivity contribution is 4.57. The Morgan fingerprint density at radius 1 is 1.30 bits per heavy atom. The predicted octanol–water partition coefficient (Wildman–Crippen LogP) is -0.415. The molecule has 0 aliphatic rings. The second-order valence-electron chi connectivity index (χ2n) is 2.80. The van der Waals surface area contributed by atoms with Gasteiger partial charge in [0.15, 0.2) is 0 Å². The molecule has 0 heterocycles. The van der Waals surface area contributed by atoms with Gasteiger partial charge in [-0.15, -0.1) is 0 Å². The van der Waals surface area contributed by atoms with Crippen molar-refractivity contribution in [2.24, 2.45) is 5.92 Å². The fraction of sp³-hybridized carbons (Fsp3) is 1.00. The second kappa shape index (κ2) is 5.65. The molecule has 2 atom stereocenters. The fourth-order valence-electron chi connectivity index (χ4n) is 0.603. The van der Waals surface area contributed by atoms with Crippen LogP contribution in [0.5, 0.6) is 0 Å². The lowest BCUT2D eigenvalue weighted by Crippen LogP contribution is -2.29. The summed E-state index contributed by atoms with van der Waals surface area (Å²) in [6, 6.07) is 0. The molecule has 0 bridgehead atoms. The summed E-state index contributed by atoms with van der Waals surface area (Å²) in [5.74, 6) is 0.277. The van der Waals surface area contributed by atoms with Gasteiger partial charge >= 0.3 is 0 Å². The van der Waals surface area contributed by atoms with Crippen LogP contribution in [0.2, 0.25) is 0 Å². The zero-order valence-corrected chi connectivity index (χ0v) is 6.67. The summed E-state index contributed by atoms with van der Waals surface area (Å²) in [6.07, 6.45) is -0.300. The summed E-state index contributed by atoms with van der Waals surface area (Å²) in [7, 11) is 0. The maximum atomic E-state index is 8.81. The van der Waals surface area contributed by atoms with Crippen molar-refractivity contribution < 1.29 is 10.2 Å². The minimum absolute atomic E-state index is 0.201. The van der Waals surface area contributed by atoms with Gasteiger partial charge in [0.2, 0.25) is 0 Å². The summed E-state index contributed by atoms with van der Waals surface area (Å²) in [5, 5.41) is 20.4. The molecule has 0 fully saturated rings. The highest BCUT2D eigenvalue weighted by atomic mass is 16.3. The average molecular weight is 147 g/mol. The number of aliphatic hydroxyl groups is 2. The third-order valence-corrected chi connectivity index (χ3v) is 1.24. The minimum Gasteiger partial charge on any atom is -0.396 e. The number of aliphatic hydroxyl groups excluding tert-OH is 2. The molecule has 3 heteroatoms. The molecule has 3 nitrogen and oxygen atoms in total. The summed E-state index contributed by atoms with van der Waals surface area (Å²) in [4.78, 5) is 0. The van der Waals surface area contributed by atoms with Crippen molar-refractivity contribution >= 4 is 0 Å². The van der Waals surface area contributed by atoms with Crippen LogP contribution in [0.25, 0.3) is 0 Å². The van der Waals surface area contributed by atoms with Crippen LogP contribution in [0.1, 0.15) is 13.8 Å². The lowest BCUT2D eigenvalue weighted by molar-refractivity contribution is 0.182. The van der Waals surface area contributed by atoms with Gasteiger partial charge in [-0.2, -0.15) is 0 Å². The van der Waals surface area contributed by atoms with Gasteiger partial charge in [0.25, 0.3) is 0 Å². The zero-order valence-electron chi connectivity index (χ0n) is 6.67. The van der Waals surface area contributed by atoms with E-state index in [2.05, 4.69) is 5.32 Å². The molecule has 0 aliphatic heterocycles. The van der Waals surface area contributed by atoms with E-state index in [9.17, 15) is 0 Å². The molecule has 3 N–H and O–H groups in total. The third kappa shape index (κ3) is 6.01. The topological polar surface area (TPSA) is 52.5 Å². The zero-order chi connectivity index (χ0) is 7.98. The first-order valence-electron chi connectivity index (χ1n) is 3.66. The van der Waals surface area contributed by atoms with E-state index >= 15 is 0 Å². The van der Waals surface area contributed by atoms with Gasteiger partial charge in [-0.1, -0.05) is 6.92 Å². The van der Waals surface area contributed by atoms with Crippen molar-refractivity contribution in [3.05, 3.63) is 0 Å². The molecule has 0 spiro atoms. The second-order valence-corrected chi connectivity index (χ2v) is 2.80.